The molecule has 9 aliphatic rings. The van der Waals surface area contributed by atoms with Crippen molar-refractivity contribution in [1.82, 2.24) is 46.6 Å². The number of hydrogen-bond acceptors (Lipinski definition) is 19. The van der Waals surface area contributed by atoms with E-state index in [0.717, 1.165) is 264 Å². The Kier molecular flexibility index (Phi) is 40.9. The van der Waals surface area contributed by atoms with Gasteiger partial charge in [-0.25, -0.2) is 0 Å². The lowest BCUT2D eigenvalue weighted by atomic mass is 9.84. The van der Waals surface area contributed by atoms with Gasteiger partial charge in [-0.15, -0.1) is 0 Å². The molecule has 3 aromatic carbocycles. The van der Waals surface area contributed by atoms with Gasteiger partial charge in [-0.3, -0.25) is 28.8 Å². The van der Waals surface area contributed by atoms with E-state index in [9.17, 15) is 39.0 Å². The first kappa shape index (κ1) is 97.3. The maximum Gasteiger partial charge on any atom is 0.308 e. The Balaban J connectivity index is 0.000000195. The van der Waals surface area contributed by atoms with Gasteiger partial charge in [0.1, 0.15) is 17.2 Å². The molecule has 3 aromatic rings. The van der Waals surface area contributed by atoms with E-state index in [0.29, 0.717) is 111 Å². The molecule has 7 atom stereocenters. The van der Waals surface area contributed by atoms with E-state index in [-0.39, 0.29) is 77.6 Å². The van der Waals surface area contributed by atoms with Gasteiger partial charge in [-0.05, 0) is 292 Å². The maximum atomic E-state index is 13.6. The number of carbonyl (C=O) groups excluding carboxylic acids is 5. The first-order valence-corrected chi connectivity index (χ1v) is 46.3. The van der Waals surface area contributed by atoms with Crippen molar-refractivity contribution in [1.29, 1.82) is 0 Å². The quantitative estimate of drug-likeness (QED) is 0.0238. The van der Waals surface area contributed by atoms with Crippen LogP contribution in [0.1, 0.15) is 243 Å². The van der Waals surface area contributed by atoms with Crippen molar-refractivity contribution in [3.8, 4) is 17.2 Å². The van der Waals surface area contributed by atoms with E-state index in [4.69, 9.17) is 38.3 Å². The number of aliphatic hydroxyl groups excluding tert-OH is 2. The Hall–Kier alpha value is -6.52. The van der Waals surface area contributed by atoms with E-state index in [1.807, 2.05) is 75.1 Å². The van der Waals surface area contributed by atoms with Crippen LogP contribution in [-0.4, -0.2) is 254 Å². The lowest BCUT2D eigenvalue weighted by Gasteiger charge is -2.34. The number of carboxylic acids is 1. The highest BCUT2D eigenvalue weighted by molar-refractivity contribution is 5.98. The molecule has 0 aromatic heterocycles. The van der Waals surface area contributed by atoms with Crippen LogP contribution in [0.2, 0.25) is 0 Å². The number of carbonyl (C=O) groups is 6. The Labute approximate surface area is 717 Å². The van der Waals surface area contributed by atoms with Gasteiger partial charge < -0.3 is 95.1 Å². The molecule has 9 N–H and O–H groups in total. The zero-order valence-corrected chi connectivity index (χ0v) is 75.0. The zero-order valence-electron chi connectivity index (χ0n) is 75.0. The number of rotatable bonds is 42. The summed E-state index contributed by atoms with van der Waals surface area (Å²) in [6.45, 7) is 32.1. The van der Waals surface area contributed by atoms with Crippen LogP contribution in [0.3, 0.4) is 0 Å². The summed E-state index contributed by atoms with van der Waals surface area (Å²) in [4.78, 5) is 84.1. The van der Waals surface area contributed by atoms with Crippen LogP contribution in [-0.2, 0) is 65.4 Å². The number of hydrogen-bond donors (Lipinski definition) is 9. The van der Waals surface area contributed by atoms with Crippen molar-refractivity contribution >= 4 is 35.5 Å². The van der Waals surface area contributed by atoms with Gasteiger partial charge in [0.05, 0.1) is 44.6 Å². The molecule has 0 radical (unpaired) electrons. The zero-order chi connectivity index (χ0) is 86.2. The highest BCUT2D eigenvalue weighted by Gasteiger charge is 2.44. The molecule has 0 unspecified atom stereocenters. The average molecular weight is 1680 g/mol. The van der Waals surface area contributed by atoms with Gasteiger partial charge in [-0.1, -0.05) is 39.0 Å². The number of nitrogens with one attached hydrogen (secondary N) is 6. The molecule has 120 heavy (non-hydrogen) atoms. The lowest BCUT2D eigenvalue weighted by molar-refractivity contribution is -0.146. The van der Waals surface area contributed by atoms with Gasteiger partial charge in [0.2, 0.25) is 11.8 Å². The highest BCUT2D eigenvalue weighted by atomic mass is 16.5. The van der Waals surface area contributed by atoms with Crippen LogP contribution in [0.25, 0.3) is 0 Å². The third-order valence-electron chi connectivity index (χ3n) is 25.6. The fraction of sp³-hybridized carbons (Fsp3) is 0.747. The third kappa shape index (κ3) is 30.1. The number of carboxylic acid groups (broad SMARTS) is 1. The number of aliphatic carboxylic acids is 1. The minimum Gasteiger partial charge on any atom is -0.493 e. The molecular formula is C95H153N9O16. The van der Waals surface area contributed by atoms with Crippen LogP contribution in [0, 0.1) is 53.3 Å². The fourth-order valence-electron chi connectivity index (χ4n) is 18.0. The number of methoxy groups -OCH3 is 3. The molecule has 4 saturated heterocycles. The molecule has 5 amide bonds. The van der Waals surface area contributed by atoms with Crippen LogP contribution in [0.5, 0.6) is 17.2 Å². The normalized spacial score (nSPS) is 24.0. The number of nitrogens with zero attached hydrogens (tertiary/aromatic N) is 3. The third-order valence-corrected chi connectivity index (χ3v) is 25.6. The molecule has 0 spiro atoms. The molecule has 25 nitrogen and oxygen atoms in total. The predicted octanol–water partition coefficient (Wildman–Crippen LogP) is 11.0. The number of aliphatic hydroxyl groups is 2. The lowest BCUT2D eigenvalue weighted by Crippen LogP contribution is -2.43. The molecular weight excluding hydrogens is 1520 g/mol. The Bertz CT molecular complexity index is 3470. The number of ether oxygens (including phenoxy) is 7. The molecule has 674 valence electrons. The molecule has 5 aliphatic carbocycles. The fourth-order valence-corrected chi connectivity index (χ4v) is 18.0. The highest BCUT2D eigenvalue weighted by Crippen LogP contribution is 2.41. The summed E-state index contributed by atoms with van der Waals surface area (Å²) in [5, 5.41) is 48.9. The van der Waals surface area contributed by atoms with Crippen molar-refractivity contribution in [2.45, 2.75) is 265 Å². The maximum absolute atomic E-state index is 13.6. The minimum atomic E-state index is -0.727. The molecule has 0 bridgehead atoms. The van der Waals surface area contributed by atoms with Crippen LogP contribution < -0.4 is 46.1 Å². The monoisotopic (exact) mass is 1680 g/mol. The first-order valence-electron chi connectivity index (χ1n) is 46.3. The minimum absolute atomic E-state index is 0.0384. The number of benzene rings is 3. The summed E-state index contributed by atoms with van der Waals surface area (Å²) in [7, 11) is 5.09. The van der Waals surface area contributed by atoms with Crippen molar-refractivity contribution in [3.05, 3.63) is 87.0 Å². The van der Waals surface area contributed by atoms with Crippen molar-refractivity contribution < 1.29 is 77.2 Å². The van der Waals surface area contributed by atoms with Gasteiger partial charge in [0.15, 0.2) is 0 Å². The van der Waals surface area contributed by atoms with E-state index < -0.39 is 5.97 Å². The molecule has 4 heterocycles. The number of amides is 5. The summed E-state index contributed by atoms with van der Waals surface area (Å²) in [5.74, 6) is 4.42. The summed E-state index contributed by atoms with van der Waals surface area (Å²) < 4.78 is 39.3. The average Bonchev–Trinajstić information content (AvgIpc) is 1.50. The van der Waals surface area contributed by atoms with Gasteiger partial charge in [0.25, 0.3) is 17.7 Å². The Morgan fingerprint density at radius 2 is 0.917 bits per heavy atom. The second-order valence-electron chi connectivity index (χ2n) is 36.3. The SMILES string of the molecule is CCc1ccc(C(=O)N(C[C@@H]2CNC[C@@H]2CNC2CC2)C(C)C)cc1OCCCOC.CCc1ccc(C(=O)NC(C)C)c(C[C@@H]2CNC[C@H]2CN(C(=O)[C@H]2CC[C@@H](O)CC2)C2CC2)c1OCCCOC.CCc1ccc(C(=O)NC(C)C)c(C[C@@H]2CNC[C@H]2CN(C(=O)[C@H]2CC[C@H](O)CC2)C2CC2)c1OCCCOC.O=C(O)[C@H]1CCCOC1. The molecule has 25 heteroatoms. The molecule has 4 aliphatic heterocycles. The largest absolute Gasteiger partial charge is 0.493 e. The molecule has 5 saturated carbocycles. The topological polar surface area (TPSA) is 310 Å². The molecule has 9 fully saturated rings. The standard InChI is InChI=1S/2C32H51N3O5.C25H41N3O3.C6H10O3/c2*1-5-22-9-14-28(31(37)34-21(2)3)29(30(22)40-16-6-15-39-4)17-24-18-33-19-25(24)20-35(26-10-11-26)32(38)23-7-12-27(36)13-8-23;1-5-19-7-8-20(13-24(19)31-12-6-11-30-4)25(29)28(18(2)3)17-22-15-26-14-21(22)16-27-23-9-10-23;7-6(8)5-2-1-3-9-4-5/h2*9,14,21,23-27,33,36H,5-8,10-13,15-20H2,1-4H3,(H,34,37);7-8,13,18,21-23,26-27H,5-6,9-12,14-17H2,1-4H3;5H,1-4H2,(H,7,8)/t23-,24-,25+,27+;23-,24-,25+,27-;21-,22+;5-/m1110/s1. The van der Waals surface area contributed by atoms with Crippen LogP contribution in [0.15, 0.2) is 42.5 Å². The Morgan fingerprint density at radius 1 is 0.492 bits per heavy atom. The summed E-state index contributed by atoms with van der Waals surface area (Å²) in [6.07, 6.45) is 20.6. The van der Waals surface area contributed by atoms with Gasteiger partial charge in [0, 0.05) is 169 Å². The van der Waals surface area contributed by atoms with Gasteiger partial charge in [-0.2, -0.15) is 0 Å². The summed E-state index contributed by atoms with van der Waals surface area (Å²) in [6, 6.07) is 15.6. The smallest absolute Gasteiger partial charge is 0.308 e. The summed E-state index contributed by atoms with van der Waals surface area (Å²) >= 11 is 0. The van der Waals surface area contributed by atoms with Crippen molar-refractivity contribution in [3.63, 3.8) is 0 Å². The van der Waals surface area contributed by atoms with Gasteiger partial charge >= 0.3 is 5.97 Å². The van der Waals surface area contributed by atoms with E-state index in [1.54, 1.807) is 21.3 Å². The summed E-state index contributed by atoms with van der Waals surface area (Å²) in [5.41, 5.74) is 7.43. The van der Waals surface area contributed by atoms with E-state index in [2.05, 4.69) is 76.3 Å². The van der Waals surface area contributed by atoms with Crippen LogP contribution >= 0.6 is 0 Å². The first-order chi connectivity index (χ1) is 58.0. The second-order valence-corrected chi connectivity index (χ2v) is 36.3. The molecule has 12 rings (SSSR count). The van der Waals surface area contributed by atoms with Crippen molar-refractivity contribution in [2.75, 3.05) is 140 Å². The Morgan fingerprint density at radius 3 is 1.30 bits per heavy atom. The van der Waals surface area contributed by atoms with Crippen molar-refractivity contribution in [2.24, 2.45) is 53.3 Å². The predicted molar refractivity (Wildman–Crippen MR) is 469 cm³/mol. The van der Waals surface area contributed by atoms with Crippen LogP contribution in [0.4, 0.5) is 0 Å². The second kappa shape index (κ2) is 50.4. The number of aryl methyl sites for hydroxylation is 3. The van der Waals surface area contributed by atoms with E-state index in [1.165, 1.54) is 12.8 Å². The van der Waals surface area contributed by atoms with E-state index >= 15 is 0 Å².